The van der Waals surface area contributed by atoms with E-state index in [1.54, 1.807) is 12.1 Å². The van der Waals surface area contributed by atoms with E-state index in [9.17, 15) is 4.39 Å². The van der Waals surface area contributed by atoms with Crippen molar-refractivity contribution in [2.75, 3.05) is 5.32 Å². The normalized spacial score (nSPS) is 10.8. The van der Waals surface area contributed by atoms with Gasteiger partial charge in [-0.15, -0.1) is 0 Å². The summed E-state index contributed by atoms with van der Waals surface area (Å²) in [6.07, 6.45) is 0. The highest BCUT2D eigenvalue weighted by Gasteiger charge is 2.10. The summed E-state index contributed by atoms with van der Waals surface area (Å²) in [5.74, 6) is 0.635. The van der Waals surface area contributed by atoms with Crippen LogP contribution in [0.1, 0.15) is 25.6 Å². The Bertz CT molecular complexity index is 602. The van der Waals surface area contributed by atoms with Crippen molar-refractivity contribution >= 4 is 34.7 Å². The van der Waals surface area contributed by atoms with Crippen LogP contribution in [0.2, 0.25) is 10.2 Å². The number of halogens is 3. The third-order valence-corrected chi connectivity index (χ3v) is 2.93. The Balaban J connectivity index is 2.35. The third-order valence-electron chi connectivity index (χ3n) is 2.44. The predicted molar refractivity (Wildman–Crippen MR) is 75.8 cm³/mol. The van der Waals surface area contributed by atoms with Crippen LogP contribution in [0.5, 0.6) is 0 Å². The van der Waals surface area contributed by atoms with Gasteiger partial charge in [0.05, 0.1) is 10.7 Å². The second kappa shape index (κ2) is 5.72. The molecule has 0 aliphatic heterocycles. The van der Waals surface area contributed by atoms with Gasteiger partial charge in [0, 0.05) is 12.0 Å². The molecule has 19 heavy (non-hydrogen) atoms. The van der Waals surface area contributed by atoms with E-state index in [4.69, 9.17) is 23.2 Å². The molecule has 0 atom stereocenters. The fourth-order valence-corrected chi connectivity index (χ4v) is 1.86. The molecule has 0 saturated heterocycles. The van der Waals surface area contributed by atoms with Crippen molar-refractivity contribution in [1.82, 2.24) is 9.97 Å². The van der Waals surface area contributed by atoms with Crippen LogP contribution in [0.15, 0.2) is 24.3 Å². The lowest BCUT2D eigenvalue weighted by Crippen LogP contribution is -2.03. The first-order chi connectivity index (χ1) is 8.97. The average Bonchev–Trinajstić information content (AvgIpc) is 2.34. The van der Waals surface area contributed by atoms with E-state index in [2.05, 4.69) is 15.3 Å². The monoisotopic (exact) mass is 299 g/mol. The summed E-state index contributed by atoms with van der Waals surface area (Å²) in [5, 5.41) is 3.21. The highest BCUT2D eigenvalue weighted by Crippen LogP contribution is 2.26. The molecule has 0 aliphatic rings. The third kappa shape index (κ3) is 3.33. The molecule has 0 spiro atoms. The maximum absolute atomic E-state index is 13.8. The molecule has 6 heteroatoms. The van der Waals surface area contributed by atoms with Gasteiger partial charge in [-0.1, -0.05) is 43.1 Å². The Kier molecular flexibility index (Phi) is 4.22. The molecule has 0 bridgehead atoms. The van der Waals surface area contributed by atoms with E-state index in [1.165, 1.54) is 12.1 Å². The van der Waals surface area contributed by atoms with Crippen LogP contribution in [-0.4, -0.2) is 9.97 Å². The van der Waals surface area contributed by atoms with Gasteiger partial charge in [0.1, 0.15) is 16.8 Å². The number of rotatable bonds is 3. The zero-order valence-electron chi connectivity index (χ0n) is 10.4. The minimum Gasteiger partial charge on any atom is -0.338 e. The average molecular weight is 300 g/mol. The molecule has 0 radical (unpaired) electrons. The van der Waals surface area contributed by atoms with Crippen LogP contribution < -0.4 is 5.32 Å². The minimum absolute atomic E-state index is 0.0502. The molecule has 0 fully saturated rings. The molecule has 1 aromatic carbocycles. The van der Waals surface area contributed by atoms with Gasteiger partial charge in [0.2, 0.25) is 0 Å². The molecule has 0 saturated carbocycles. The zero-order valence-corrected chi connectivity index (χ0v) is 11.9. The Morgan fingerprint density at radius 2 is 1.95 bits per heavy atom. The van der Waals surface area contributed by atoms with Crippen molar-refractivity contribution in [3.8, 4) is 0 Å². The van der Waals surface area contributed by atoms with Crippen LogP contribution in [0.4, 0.5) is 15.9 Å². The highest BCUT2D eigenvalue weighted by atomic mass is 35.5. The molecular formula is C13H12Cl2FN3. The van der Waals surface area contributed by atoms with E-state index < -0.39 is 5.82 Å². The van der Waals surface area contributed by atoms with Gasteiger partial charge in [0.25, 0.3) is 0 Å². The SMILES string of the molecule is CC(C)c1nc(Cl)cc(Nc2cccc(Cl)c2F)n1. The van der Waals surface area contributed by atoms with Gasteiger partial charge < -0.3 is 5.32 Å². The standard InChI is InChI=1S/C13H12Cl2FN3/c1-7(2)13-18-10(15)6-11(19-13)17-9-5-3-4-8(14)12(9)16/h3-7H,1-2H3,(H,17,18,19). The van der Waals surface area contributed by atoms with E-state index in [0.29, 0.717) is 16.8 Å². The molecule has 1 N–H and O–H groups in total. The smallest absolute Gasteiger partial charge is 0.165 e. The number of benzene rings is 1. The van der Waals surface area contributed by atoms with Gasteiger partial charge in [-0.05, 0) is 12.1 Å². The van der Waals surface area contributed by atoms with Crippen molar-refractivity contribution in [1.29, 1.82) is 0 Å². The number of hydrogen-bond donors (Lipinski definition) is 1. The molecule has 3 nitrogen and oxygen atoms in total. The summed E-state index contributed by atoms with van der Waals surface area (Å²) in [5.41, 5.74) is 0.247. The van der Waals surface area contributed by atoms with Crippen LogP contribution in [0, 0.1) is 5.82 Å². The Morgan fingerprint density at radius 1 is 1.21 bits per heavy atom. The lowest BCUT2D eigenvalue weighted by Gasteiger charge is -2.10. The maximum atomic E-state index is 13.8. The van der Waals surface area contributed by atoms with Crippen molar-refractivity contribution in [2.45, 2.75) is 19.8 Å². The first-order valence-corrected chi connectivity index (χ1v) is 6.48. The van der Waals surface area contributed by atoms with E-state index >= 15 is 0 Å². The number of anilines is 2. The molecule has 100 valence electrons. The topological polar surface area (TPSA) is 37.8 Å². The first-order valence-electron chi connectivity index (χ1n) is 5.73. The summed E-state index contributed by atoms with van der Waals surface area (Å²) in [4.78, 5) is 8.39. The largest absolute Gasteiger partial charge is 0.338 e. The van der Waals surface area contributed by atoms with Gasteiger partial charge in [-0.2, -0.15) is 0 Å². The van der Waals surface area contributed by atoms with Crippen molar-refractivity contribution in [3.63, 3.8) is 0 Å². The summed E-state index contributed by atoms with van der Waals surface area (Å²) in [7, 11) is 0. The molecule has 0 amide bonds. The Labute approximate surface area is 120 Å². The number of nitrogens with one attached hydrogen (secondary N) is 1. The van der Waals surface area contributed by atoms with Crippen molar-refractivity contribution in [3.05, 3.63) is 46.1 Å². The number of aromatic nitrogens is 2. The molecule has 2 rings (SSSR count). The second-order valence-corrected chi connectivity index (χ2v) is 5.11. The van der Waals surface area contributed by atoms with Crippen LogP contribution in [0.25, 0.3) is 0 Å². The van der Waals surface area contributed by atoms with E-state index in [-0.39, 0.29) is 16.6 Å². The summed E-state index contributed by atoms with van der Waals surface area (Å²) in [6, 6.07) is 6.24. The molecular weight excluding hydrogens is 288 g/mol. The van der Waals surface area contributed by atoms with E-state index in [1.807, 2.05) is 13.8 Å². The molecule has 1 heterocycles. The van der Waals surface area contributed by atoms with Crippen LogP contribution in [0.3, 0.4) is 0 Å². The van der Waals surface area contributed by atoms with E-state index in [0.717, 1.165) is 0 Å². The highest BCUT2D eigenvalue weighted by molar-refractivity contribution is 6.31. The summed E-state index contributed by atoms with van der Waals surface area (Å²) >= 11 is 11.6. The van der Waals surface area contributed by atoms with Crippen LogP contribution in [-0.2, 0) is 0 Å². The van der Waals surface area contributed by atoms with Crippen molar-refractivity contribution in [2.24, 2.45) is 0 Å². The molecule has 2 aromatic rings. The van der Waals surface area contributed by atoms with Gasteiger partial charge >= 0.3 is 0 Å². The predicted octanol–water partition coefficient (Wildman–Crippen LogP) is 4.79. The first kappa shape index (κ1) is 14.0. The number of hydrogen-bond acceptors (Lipinski definition) is 3. The minimum atomic E-state index is -0.523. The lowest BCUT2D eigenvalue weighted by atomic mass is 10.2. The van der Waals surface area contributed by atoms with Gasteiger partial charge in [0.15, 0.2) is 5.82 Å². The Morgan fingerprint density at radius 3 is 2.63 bits per heavy atom. The Hall–Kier alpha value is -1.39. The molecule has 0 unspecified atom stereocenters. The second-order valence-electron chi connectivity index (χ2n) is 4.32. The summed E-state index contributed by atoms with van der Waals surface area (Å²) < 4.78 is 13.8. The summed E-state index contributed by atoms with van der Waals surface area (Å²) in [6.45, 7) is 3.91. The fourth-order valence-electron chi connectivity index (χ4n) is 1.50. The lowest BCUT2D eigenvalue weighted by molar-refractivity contribution is 0.632. The van der Waals surface area contributed by atoms with Gasteiger partial charge in [-0.3, -0.25) is 0 Å². The maximum Gasteiger partial charge on any atom is 0.165 e. The van der Waals surface area contributed by atoms with Crippen LogP contribution >= 0.6 is 23.2 Å². The van der Waals surface area contributed by atoms with Gasteiger partial charge in [-0.25, -0.2) is 14.4 Å². The molecule has 1 aromatic heterocycles. The zero-order chi connectivity index (χ0) is 14.0. The quantitative estimate of drug-likeness (QED) is 0.828. The number of nitrogens with zero attached hydrogens (tertiary/aromatic N) is 2. The fraction of sp³-hybridized carbons (Fsp3) is 0.231. The van der Waals surface area contributed by atoms with Crippen molar-refractivity contribution < 1.29 is 4.39 Å². The molecule has 0 aliphatic carbocycles.